The average molecular weight is 318 g/mol. The van der Waals surface area contributed by atoms with Gasteiger partial charge in [-0.15, -0.1) is 0 Å². The van der Waals surface area contributed by atoms with Crippen LogP contribution in [0.25, 0.3) is 0 Å². The smallest absolute Gasteiger partial charge is 0.131 e. The van der Waals surface area contributed by atoms with Crippen molar-refractivity contribution in [3.8, 4) is 0 Å². The topological polar surface area (TPSA) is 52.5 Å². The van der Waals surface area contributed by atoms with Crippen molar-refractivity contribution in [2.75, 3.05) is 32.7 Å². The molecule has 2 aliphatic rings. The van der Waals surface area contributed by atoms with Crippen molar-refractivity contribution in [3.05, 3.63) is 23.8 Å². The third-order valence-corrected chi connectivity index (χ3v) is 4.98. The number of nitrogens with zero attached hydrogens (tertiary/aromatic N) is 4. The molecular weight excluding hydrogens is 288 g/mol. The highest BCUT2D eigenvalue weighted by atomic mass is 16.3. The van der Waals surface area contributed by atoms with E-state index in [1.807, 2.05) is 12.3 Å². The monoisotopic (exact) mass is 318 g/mol. The first-order chi connectivity index (χ1) is 11.0. The number of aromatic nitrogens is 2. The Morgan fingerprint density at radius 2 is 1.91 bits per heavy atom. The molecule has 2 saturated heterocycles. The van der Waals surface area contributed by atoms with Gasteiger partial charge in [0, 0.05) is 31.7 Å². The van der Waals surface area contributed by atoms with Gasteiger partial charge in [-0.05, 0) is 51.4 Å². The zero-order chi connectivity index (χ0) is 16.3. The maximum absolute atomic E-state index is 11.0. The number of hydrogen-bond acceptors (Lipinski definition) is 5. The van der Waals surface area contributed by atoms with Crippen LogP contribution < -0.4 is 0 Å². The number of rotatable bonds is 5. The summed E-state index contributed by atoms with van der Waals surface area (Å²) in [5.41, 5.74) is 0.505. The van der Waals surface area contributed by atoms with Crippen LogP contribution in [-0.2, 0) is 6.54 Å². The lowest BCUT2D eigenvalue weighted by Gasteiger charge is -2.41. The lowest BCUT2D eigenvalue weighted by molar-refractivity contribution is -0.0521. The molecular formula is C18H30N4O. The second kappa shape index (κ2) is 7.24. The summed E-state index contributed by atoms with van der Waals surface area (Å²) >= 11 is 0. The van der Waals surface area contributed by atoms with Crippen LogP contribution in [0.2, 0.25) is 0 Å². The molecule has 0 spiro atoms. The van der Waals surface area contributed by atoms with E-state index in [9.17, 15) is 5.11 Å². The van der Waals surface area contributed by atoms with Gasteiger partial charge in [0.2, 0.25) is 0 Å². The molecule has 1 aromatic heterocycles. The van der Waals surface area contributed by atoms with Gasteiger partial charge in [-0.2, -0.15) is 0 Å². The fraction of sp³-hybridized carbons (Fsp3) is 0.778. The van der Waals surface area contributed by atoms with E-state index in [0.29, 0.717) is 5.92 Å². The minimum absolute atomic E-state index is 0.350. The Kier molecular flexibility index (Phi) is 5.29. The van der Waals surface area contributed by atoms with Gasteiger partial charge in [-0.1, -0.05) is 13.8 Å². The molecule has 2 aliphatic heterocycles. The van der Waals surface area contributed by atoms with Gasteiger partial charge >= 0.3 is 0 Å². The number of aliphatic hydroxyl groups is 1. The molecule has 1 atom stereocenters. The second-order valence-electron chi connectivity index (χ2n) is 7.58. The molecule has 0 radical (unpaired) electrons. The summed E-state index contributed by atoms with van der Waals surface area (Å²) in [5.74, 6) is 1.26. The zero-order valence-electron chi connectivity index (χ0n) is 14.5. The quantitative estimate of drug-likeness (QED) is 0.900. The van der Waals surface area contributed by atoms with Crippen LogP contribution >= 0.6 is 0 Å². The van der Waals surface area contributed by atoms with Crippen LogP contribution in [0.3, 0.4) is 0 Å². The third-order valence-electron chi connectivity index (χ3n) is 4.98. The first-order valence-corrected chi connectivity index (χ1v) is 9.03. The largest absolute Gasteiger partial charge is 0.387 e. The fourth-order valence-electron chi connectivity index (χ4n) is 3.84. The van der Waals surface area contributed by atoms with E-state index in [2.05, 4.69) is 33.6 Å². The van der Waals surface area contributed by atoms with Crippen molar-refractivity contribution in [1.82, 2.24) is 19.8 Å². The summed E-state index contributed by atoms with van der Waals surface area (Å²) in [7, 11) is 0. The third kappa shape index (κ3) is 4.49. The van der Waals surface area contributed by atoms with Crippen molar-refractivity contribution in [2.24, 2.45) is 0 Å². The van der Waals surface area contributed by atoms with Crippen LogP contribution in [0.4, 0.5) is 0 Å². The molecule has 2 fully saturated rings. The predicted octanol–water partition coefficient (Wildman–Crippen LogP) is 2.02. The van der Waals surface area contributed by atoms with Gasteiger partial charge in [-0.3, -0.25) is 4.90 Å². The van der Waals surface area contributed by atoms with Crippen LogP contribution in [0.1, 0.15) is 57.0 Å². The Hall–Kier alpha value is -1.04. The first-order valence-electron chi connectivity index (χ1n) is 9.03. The van der Waals surface area contributed by atoms with E-state index in [0.717, 1.165) is 63.6 Å². The van der Waals surface area contributed by atoms with E-state index in [1.165, 1.54) is 12.8 Å². The zero-order valence-corrected chi connectivity index (χ0v) is 14.5. The molecule has 0 unspecified atom stereocenters. The van der Waals surface area contributed by atoms with Gasteiger partial charge in [0.25, 0.3) is 0 Å². The molecule has 5 heteroatoms. The number of hydrogen-bond donors (Lipinski definition) is 1. The van der Waals surface area contributed by atoms with Crippen LogP contribution in [-0.4, -0.2) is 63.2 Å². The van der Waals surface area contributed by atoms with Gasteiger partial charge in [0.15, 0.2) is 0 Å². The molecule has 1 N–H and O–H groups in total. The fourth-order valence-corrected chi connectivity index (χ4v) is 3.84. The van der Waals surface area contributed by atoms with Gasteiger partial charge in [0.1, 0.15) is 5.82 Å². The normalized spacial score (nSPS) is 27.0. The molecule has 0 saturated carbocycles. The highest BCUT2D eigenvalue weighted by Gasteiger charge is 2.35. The highest BCUT2D eigenvalue weighted by molar-refractivity contribution is 5.05. The number of β-amino-alcohol motifs (C(OH)–C–C–N with tert-alkyl or cyclic N) is 1. The molecule has 0 bridgehead atoms. The molecule has 3 rings (SSSR count). The van der Waals surface area contributed by atoms with Gasteiger partial charge in [-0.25, -0.2) is 9.97 Å². The Morgan fingerprint density at radius 1 is 1.17 bits per heavy atom. The number of likely N-dealkylation sites (tertiary alicyclic amines) is 2. The minimum atomic E-state index is -0.559. The highest BCUT2D eigenvalue weighted by Crippen LogP contribution is 2.25. The molecule has 0 amide bonds. The maximum atomic E-state index is 11.0. The molecule has 23 heavy (non-hydrogen) atoms. The second-order valence-corrected chi connectivity index (χ2v) is 7.58. The molecule has 128 valence electrons. The SMILES string of the molecule is CC(C)c1nccc(CN2CCC[C@](O)(CN3CCCC3)C2)n1. The standard InChI is InChI=1S/C18H30N4O/c1-15(2)17-19-8-6-16(20-17)12-22-11-5-7-18(23,14-22)13-21-9-3-4-10-21/h6,8,15,23H,3-5,7,9-14H2,1-2H3/t18-/m0/s1. The predicted molar refractivity (Wildman–Crippen MR) is 91.3 cm³/mol. The van der Waals surface area contributed by atoms with Gasteiger partial charge in [0.05, 0.1) is 11.3 Å². The molecule has 0 aromatic carbocycles. The Bertz CT molecular complexity index is 515. The first kappa shape index (κ1) is 16.8. The van der Waals surface area contributed by atoms with E-state index < -0.39 is 5.60 Å². The summed E-state index contributed by atoms with van der Waals surface area (Å²) in [6.07, 6.45) is 6.39. The summed E-state index contributed by atoms with van der Waals surface area (Å²) in [6, 6.07) is 2.00. The van der Waals surface area contributed by atoms with Crippen molar-refractivity contribution >= 4 is 0 Å². The van der Waals surface area contributed by atoms with E-state index in [1.54, 1.807) is 0 Å². The summed E-state index contributed by atoms with van der Waals surface area (Å²) in [6.45, 7) is 9.96. The summed E-state index contributed by atoms with van der Waals surface area (Å²) in [5, 5.41) is 11.0. The van der Waals surface area contributed by atoms with E-state index >= 15 is 0 Å². The van der Waals surface area contributed by atoms with E-state index in [-0.39, 0.29) is 0 Å². The average Bonchev–Trinajstić information content (AvgIpc) is 2.99. The van der Waals surface area contributed by atoms with Crippen LogP contribution in [0.15, 0.2) is 12.3 Å². The lowest BCUT2D eigenvalue weighted by Crippen LogP contribution is -2.53. The van der Waals surface area contributed by atoms with Crippen molar-refractivity contribution in [3.63, 3.8) is 0 Å². The van der Waals surface area contributed by atoms with Gasteiger partial charge < -0.3 is 10.0 Å². The van der Waals surface area contributed by atoms with Crippen LogP contribution in [0.5, 0.6) is 0 Å². The molecule has 1 aromatic rings. The Morgan fingerprint density at radius 3 is 2.65 bits per heavy atom. The Balaban J connectivity index is 1.60. The number of piperidine rings is 1. The van der Waals surface area contributed by atoms with E-state index in [4.69, 9.17) is 0 Å². The lowest BCUT2D eigenvalue weighted by atomic mass is 9.92. The van der Waals surface area contributed by atoms with Crippen molar-refractivity contribution in [1.29, 1.82) is 0 Å². The maximum Gasteiger partial charge on any atom is 0.131 e. The van der Waals surface area contributed by atoms with Crippen molar-refractivity contribution in [2.45, 2.75) is 57.6 Å². The molecule has 0 aliphatic carbocycles. The molecule has 3 heterocycles. The summed E-state index contributed by atoms with van der Waals surface area (Å²) in [4.78, 5) is 13.8. The van der Waals surface area contributed by atoms with Crippen LogP contribution in [0, 0.1) is 0 Å². The molecule has 5 nitrogen and oxygen atoms in total. The minimum Gasteiger partial charge on any atom is -0.387 e. The Labute approximate surface area is 139 Å². The summed E-state index contributed by atoms with van der Waals surface area (Å²) < 4.78 is 0. The van der Waals surface area contributed by atoms with Crippen molar-refractivity contribution < 1.29 is 5.11 Å².